The van der Waals surface area contributed by atoms with Crippen molar-refractivity contribution in [2.24, 2.45) is 16.7 Å². The van der Waals surface area contributed by atoms with E-state index in [1.54, 1.807) is 0 Å². The van der Waals surface area contributed by atoms with Gasteiger partial charge < -0.3 is 5.11 Å². The van der Waals surface area contributed by atoms with Gasteiger partial charge in [0, 0.05) is 16.4 Å². The fourth-order valence-electron chi connectivity index (χ4n) is 3.79. The van der Waals surface area contributed by atoms with Gasteiger partial charge in [-0.25, -0.2) is 0 Å². The number of fused-ring (bicyclic) bond motifs is 2. The minimum Gasteiger partial charge on any atom is -0.384 e. The molecule has 88 valence electrons. The van der Waals surface area contributed by atoms with Gasteiger partial charge in [-0.15, -0.1) is 6.58 Å². The van der Waals surface area contributed by atoms with Crippen molar-refractivity contribution in [2.45, 2.75) is 39.2 Å². The van der Waals surface area contributed by atoms with Gasteiger partial charge in [0.2, 0.25) is 0 Å². The third-order valence-corrected chi connectivity index (χ3v) is 5.26. The van der Waals surface area contributed by atoms with Crippen LogP contribution in [0.3, 0.4) is 0 Å². The zero-order valence-electron chi connectivity index (χ0n) is 10.3. The van der Waals surface area contributed by atoms with Gasteiger partial charge in [0.1, 0.15) is 5.60 Å². The molecule has 0 saturated heterocycles. The SMILES string of the molecule is C=CCC1CC2(C)C(=O)C(=C)C1(O)C2(C)C. The summed E-state index contributed by atoms with van der Waals surface area (Å²) in [4.78, 5) is 12.2. The number of carbonyl (C=O) groups is 1. The van der Waals surface area contributed by atoms with E-state index in [0.29, 0.717) is 5.57 Å². The first-order valence-electron chi connectivity index (χ1n) is 5.81. The molecule has 0 aliphatic heterocycles. The van der Waals surface area contributed by atoms with E-state index in [1.165, 1.54) is 0 Å². The summed E-state index contributed by atoms with van der Waals surface area (Å²) in [6, 6.07) is 0. The second-order valence-corrected chi connectivity index (χ2v) is 5.96. The van der Waals surface area contributed by atoms with Crippen LogP contribution in [0.1, 0.15) is 33.6 Å². The molecule has 2 fully saturated rings. The fourth-order valence-corrected chi connectivity index (χ4v) is 3.79. The number of rotatable bonds is 2. The molecule has 0 aromatic heterocycles. The van der Waals surface area contributed by atoms with E-state index in [-0.39, 0.29) is 11.7 Å². The molecule has 2 aliphatic rings. The molecule has 0 spiro atoms. The Morgan fingerprint density at radius 3 is 2.44 bits per heavy atom. The largest absolute Gasteiger partial charge is 0.384 e. The maximum absolute atomic E-state index is 12.2. The third-order valence-electron chi connectivity index (χ3n) is 5.26. The molecule has 3 unspecified atom stereocenters. The number of hydrogen-bond acceptors (Lipinski definition) is 2. The van der Waals surface area contributed by atoms with E-state index < -0.39 is 16.4 Å². The first-order valence-corrected chi connectivity index (χ1v) is 5.81. The number of aliphatic hydroxyl groups is 1. The lowest BCUT2D eigenvalue weighted by Crippen LogP contribution is -2.44. The Labute approximate surface area is 97.0 Å². The Bertz CT molecular complexity index is 394. The number of allylic oxidation sites excluding steroid dienone is 1. The Hall–Kier alpha value is -0.890. The summed E-state index contributed by atoms with van der Waals surface area (Å²) in [6.07, 6.45) is 3.29. The average molecular weight is 220 g/mol. The van der Waals surface area contributed by atoms with Crippen molar-refractivity contribution in [3.8, 4) is 0 Å². The second kappa shape index (κ2) is 2.86. The molecule has 0 heterocycles. The van der Waals surface area contributed by atoms with Crippen LogP contribution in [0, 0.1) is 16.7 Å². The zero-order chi connectivity index (χ0) is 12.4. The van der Waals surface area contributed by atoms with Gasteiger partial charge >= 0.3 is 0 Å². The normalized spacial score (nSPS) is 45.1. The Morgan fingerprint density at radius 1 is 1.50 bits per heavy atom. The van der Waals surface area contributed by atoms with Crippen molar-refractivity contribution in [1.29, 1.82) is 0 Å². The molecule has 3 atom stereocenters. The summed E-state index contributed by atoms with van der Waals surface area (Å²) >= 11 is 0. The molecule has 2 bridgehead atoms. The molecule has 2 heteroatoms. The molecule has 1 N–H and O–H groups in total. The summed E-state index contributed by atoms with van der Waals surface area (Å²) in [7, 11) is 0. The summed E-state index contributed by atoms with van der Waals surface area (Å²) < 4.78 is 0. The molecule has 0 amide bonds. The van der Waals surface area contributed by atoms with Crippen LogP contribution in [0.4, 0.5) is 0 Å². The van der Waals surface area contributed by atoms with Crippen LogP contribution in [0.5, 0.6) is 0 Å². The highest BCUT2D eigenvalue weighted by Gasteiger charge is 2.75. The Balaban J connectivity index is 2.59. The van der Waals surface area contributed by atoms with Gasteiger partial charge in [0.15, 0.2) is 5.78 Å². The standard InChI is InChI=1S/C14H20O2/c1-6-7-10-8-13(5)11(15)9(2)14(10,16)12(13,3)4/h6,10,16H,1-2,7-8H2,3-5H3. The van der Waals surface area contributed by atoms with E-state index in [0.717, 1.165) is 12.8 Å². The molecular weight excluding hydrogens is 200 g/mol. The lowest BCUT2D eigenvalue weighted by atomic mass is 9.69. The van der Waals surface area contributed by atoms with Crippen molar-refractivity contribution in [3.63, 3.8) is 0 Å². The molecule has 0 aromatic carbocycles. The number of hydrogen-bond donors (Lipinski definition) is 1. The lowest BCUT2D eigenvalue weighted by molar-refractivity contribution is -0.125. The lowest BCUT2D eigenvalue weighted by Gasteiger charge is -2.38. The van der Waals surface area contributed by atoms with Crippen LogP contribution >= 0.6 is 0 Å². The minimum atomic E-state index is -1.05. The third kappa shape index (κ3) is 0.866. The molecule has 2 nitrogen and oxygen atoms in total. The van der Waals surface area contributed by atoms with Crippen molar-refractivity contribution in [3.05, 3.63) is 24.8 Å². The molecule has 2 aliphatic carbocycles. The first kappa shape index (κ1) is 11.6. The van der Waals surface area contributed by atoms with Crippen molar-refractivity contribution >= 4 is 5.78 Å². The molecular formula is C14H20O2. The highest BCUT2D eigenvalue weighted by molar-refractivity contribution is 6.06. The number of Topliss-reactive ketones (excluding diaryl/α,β-unsaturated/α-hetero) is 1. The van der Waals surface area contributed by atoms with Crippen LogP contribution in [0.2, 0.25) is 0 Å². The van der Waals surface area contributed by atoms with Crippen LogP contribution in [-0.2, 0) is 4.79 Å². The minimum absolute atomic E-state index is 0.0420. The second-order valence-electron chi connectivity index (χ2n) is 5.96. The number of ketones is 1. The van der Waals surface area contributed by atoms with Crippen molar-refractivity contribution < 1.29 is 9.90 Å². The number of carbonyl (C=O) groups excluding carboxylic acids is 1. The smallest absolute Gasteiger partial charge is 0.167 e. The van der Waals surface area contributed by atoms with Gasteiger partial charge in [-0.05, 0) is 18.8 Å². The summed E-state index contributed by atoms with van der Waals surface area (Å²) in [5, 5.41) is 10.9. The highest BCUT2D eigenvalue weighted by Crippen LogP contribution is 2.70. The molecule has 0 aromatic rings. The van der Waals surface area contributed by atoms with Crippen LogP contribution in [0.15, 0.2) is 24.8 Å². The van der Waals surface area contributed by atoms with Crippen LogP contribution in [-0.4, -0.2) is 16.5 Å². The summed E-state index contributed by atoms with van der Waals surface area (Å²) in [5.74, 6) is 0.121. The van der Waals surface area contributed by atoms with Gasteiger partial charge in [-0.1, -0.05) is 33.4 Å². The van der Waals surface area contributed by atoms with E-state index in [1.807, 2.05) is 26.8 Å². The quantitative estimate of drug-likeness (QED) is 0.573. The topological polar surface area (TPSA) is 37.3 Å². The van der Waals surface area contributed by atoms with Gasteiger partial charge in [-0.3, -0.25) is 4.79 Å². The van der Waals surface area contributed by atoms with E-state index in [4.69, 9.17) is 0 Å². The van der Waals surface area contributed by atoms with E-state index in [2.05, 4.69) is 13.2 Å². The summed E-state index contributed by atoms with van der Waals surface area (Å²) in [5.41, 5.74) is -1.54. The van der Waals surface area contributed by atoms with Crippen LogP contribution < -0.4 is 0 Å². The predicted octanol–water partition coefficient (Wildman–Crippen LogP) is 2.48. The van der Waals surface area contributed by atoms with Crippen molar-refractivity contribution in [1.82, 2.24) is 0 Å². The maximum Gasteiger partial charge on any atom is 0.167 e. The molecule has 0 radical (unpaired) electrons. The molecule has 2 rings (SSSR count). The molecule has 16 heavy (non-hydrogen) atoms. The average Bonchev–Trinajstić information content (AvgIpc) is 2.41. The monoisotopic (exact) mass is 220 g/mol. The maximum atomic E-state index is 12.2. The van der Waals surface area contributed by atoms with E-state index >= 15 is 0 Å². The van der Waals surface area contributed by atoms with Gasteiger partial charge in [-0.2, -0.15) is 0 Å². The zero-order valence-corrected chi connectivity index (χ0v) is 10.3. The Kier molecular flexibility index (Phi) is 2.07. The van der Waals surface area contributed by atoms with E-state index in [9.17, 15) is 9.90 Å². The highest BCUT2D eigenvalue weighted by atomic mass is 16.3. The summed E-state index contributed by atoms with van der Waals surface area (Å²) in [6.45, 7) is 13.5. The van der Waals surface area contributed by atoms with Crippen LogP contribution in [0.25, 0.3) is 0 Å². The first-order chi connectivity index (χ1) is 7.23. The fraction of sp³-hybridized carbons (Fsp3) is 0.643. The van der Waals surface area contributed by atoms with Crippen molar-refractivity contribution in [2.75, 3.05) is 0 Å². The predicted molar refractivity (Wildman–Crippen MR) is 63.9 cm³/mol. The van der Waals surface area contributed by atoms with Gasteiger partial charge in [0.25, 0.3) is 0 Å². The molecule has 2 saturated carbocycles. The van der Waals surface area contributed by atoms with Gasteiger partial charge in [0.05, 0.1) is 0 Å². The Morgan fingerprint density at radius 2 is 2.06 bits per heavy atom.